The number of carboxylic acid groups (broad SMARTS) is 1. The molecule has 1 N–H and O–H groups in total. The number of nitrogens with zero attached hydrogens (tertiary/aromatic N) is 4. The molecule has 0 spiro atoms. The summed E-state index contributed by atoms with van der Waals surface area (Å²) in [6.07, 6.45) is 6.45. The highest BCUT2D eigenvalue weighted by Gasteiger charge is 2.10. The van der Waals surface area contributed by atoms with Gasteiger partial charge in [-0.1, -0.05) is 11.8 Å². The highest BCUT2D eigenvalue weighted by atomic mass is 32.2. The summed E-state index contributed by atoms with van der Waals surface area (Å²) in [5, 5.41) is 13.6. The Balaban J connectivity index is 2.02. The zero-order chi connectivity index (χ0) is 13.8. The lowest BCUT2D eigenvalue weighted by molar-refractivity contribution is -0.133. The molecule has 0 aliphatic rings. The smallest absolute Gasteiger partial charge is 0.313 e. The van der Waals surface area contributed by atoms with Crippen LogP contribution in [0.25, 0.3) is 0 Å². The van der Waals surface area contributed by atoms with E-state index in [-0.39, 0.29) is 5.75 Å². The molecule has 0 amide bonds. The highest BCUT2D eigenvalue weighted by Crippen LogP contribution is 2.18. The fourth-order valence-corrected chi connectivity index (χ4v) is 2.57. The standard InChI is InChI=1S/C12H16N4O2S/c1-9-5-13-12(19-8-11(17)18)16(9)4-3-10-6-14-15(2)7-10/h5-7H,3-4,8H2,1-2H3,(H,17,18). The Morgan fingerprint density at radius 2 is 2.26 bits per heavy atom. The molecular weight excluding hydrogens is 264 g/mol. The van der Waals surface area contributed by atoms with E-state index in [2.05, 4.69) is 10.1 Å². The maximum atomic E-state index is 10.6. The molecule has 6 nitrogen and oxygen atoms in total. The quantitative estimate of drug-likeness (QED) is 0.808. The van der Waals surface area contributed by atoms with Gasteiger partial charge in [0.1, 0.15) is 0 Å². The van der Waals surface area contributed by atoms with Crippen LogP contribution in [-0.4, -0.2) is 36.2 Å². The third kappa shape index (κ3) is 3.60. The van der Waals surface area contributed by atoms with Crippen molar-refractivity contribution in [2.45, 2.75) is 25.0 Å². The Morgan fingerprint density at radius 3 is 2.89 bits per heavy atom. The second kappa shape index (κ2) is 5.92. The zero-order valence-electron chi connectivity index (χ0n) is 10.9. The summed E-state index contributed by atoms with van der Waals surface area (Å²) < 4.78 is 3.82. The van der Waals surface area contributed by atoms with Gasteiger partial charge in [0, 0.05) is 31.7 Å². The number of aromatic nitrogens is 4. The molecule has 0 aliphatic heterocycles. The van der Waals surface area contributed by atoms with Crippen LogP contribution in [0.5, 0.6) is 0 Å². The van der Waals surface area contributed by atoms with E-state index in [1.54, 1.807) is 10.9 Å². The lowest BCUT2D eigenvalue weighted by Crippen LogP contribution is -2.06. The summed E-state index contributed by atoms with van der Waals surface area (Å²) in [5.41, 5.74) is 2.20. The minimum atomic E-state index is -0.829. The largest absolute Gasteiger partial charge is 0.481 e. The molecule has 2 aromatic rings. The number of hydrogen-bond donors (Lipinski definition) is 1. The molecule has 0 aromatic carbocycles. The molecule has 0 unspecified atom stereocenters. The predicted octanol–water partition coefficient (Wildman–Crippen LogP) is 1.34. The van der Waals surface area contributed by atoms with Gasteiger partial charge in [0.15, 0.2) is 5.16 Å². The monoisotopic (exact) mass is 280 g/mol. The molecule has 102 valence electrons. The lowest BCUT2D eigenvalue weighted by Gasteiger charge is -2.08. The lowest BCUT2D eigenvalue weighted by atomic mass is 10.2. The number of thioether (sulfide) groups is 1. The minimum Gasteiger partial charge on any atom is -0.481 e. The molecule has 19 heavy (non-hydrogen) atoms. The number of carbonyl (C=O) groups is 1. The van der Waals surface area contributed by atoms with Gasteiger partial charge in [-0.05, 0) is 18.9 Å². The van der Waals surface area contributed by atoms with Crippen LogP contribution in [0.2, 0.25) is 0 Å². The number of rotatable bonds is 6. The number of hydrogen-bond acceptors (Lipinski definition) is 4. The van der Waals surface area contributed by atoms with Gasteiger partial charge in [0.2, 0.25) is 0 Å². The maximum Gasteiger partial charge on any atom is 0.313 e. The molecule has 7 heteroatoms. The number of imidazole rings is 1. The van der Waals surface area contributed by atoms with Crippen molar-refractivity contribution in [1.29, 1.82) is 0 Å². The van der Waals surface area contributed by atoms with Gasteiger partial charge in [-0.15, -0.1) is 0 Å². The van der Waals surface area contributed by atoms with E-state index in [1.807, 2.05) is 30.9 Å². The molecule has 0 atom stereocenters. The van der Waals surface area contributed by atoms with Crippen molar-refractivity contribution in [3.05, 3.63) is 29.8 Å². The van der Waals surface area contributed by atoms with Crippen molar-refractivity contribution >= 4 is 17.7 Å². The fraction of sp³-hybridized carbons (Fsp3) is 0.417. The zero-order valence-corrected chi connectivity index (χ0v) is 11.7. The fourth-order valence-electron chi connectivity index (χ4n) is 1.79. The van der Waals surface area contributed by atoms with Crippen LogP contribution >= 0.6 is 11.8 Å². The number of aliphatic carboxylic acids is 1. The first-order chi connectivity index (χ1) is 9.06. The van der Waals surface area contributed by atoms with E-state index in [0.717, 1.165) is 29.4 Å². The van der Waals surface area contributed by atoms with Crippen molar-refractivity contribution in [2.24, 2.45) is 7.05 Å². The van der Waals surface area contributed by atoms with Crippen molar-refractivity contribution in [1.82, 2.24) is 19.3 Å². The van der Waals surface area contributed by atoms with Gasteiger partial charge in [-0.2, -0.15) is 5.10 Å². The summed E-state index contributed by atoms with van der Waals surface area (Å²) >= 11 is 1.25. The van der Waals surface area contributed by atoms with Crippen LogP contribution in [0.4, 0.5) is 0 Å². The third-order valence-corrected chi connectivity index (χ3v) is 3.70. The summed E-state index contributed by atoms with van der Waals surface area (Å²) in [4.78, 5) is 14.9. The topological polar surface area (TPSA) is 72.9 Å². The third-order valence-electron chi connectivity index (χ3n) is 2.73. The first-order valence-corrected chi connectivity index (χ1v) is 6.89. The second-order valence-electron chi connectivity index (χ2n) is 4.29. The Hall–Kier alpha value is -1.76. The molecular formula is C12H16N4O2S. The van der Waals surface area contributed by atoms with E-state index in [1.165, 1.54) is 11.8 Å². The SMILES string of the molecule is Cc1cnc(SCC(=O)O)n1CCc1cnn(C)c1. The first kappa shape index (κ1) is 13.7. The van der Waals surface area contributed by atoms with Gasteiger partial charge >= 0.3 is 5.97 Å². The van der Waals surface area contributed by atoms with Gasteiger partial charge in [0.05, 0.1) is 11.9 Å². The van der Waals surface area contributed by atoms with E-state index >= 15 is 0 Å². The highest BCUT2D eigenvalue weighted by molar-refractivity contribution is 7.99. The average Bonchev–Trinajstić information content (AvgIpc) is 2.91. The predicted molar refractivity (Wildman–Crippen MR) is 72.2 cm³/mol. The van der Waals surface area contributed by atoms with E-state index in [0.29, 0.717) is 0 Å². The second-order valence-corrected chi connectivity index (χ2v) is 5.23. The number of carboxylic acids is 1. The van der Waals surface area contributed by atoms with Gasteiger partial charge < -0.3 is 9.67 Å². The Morgan fingerprint density at radius 1 is 1.47 bits per heavy atom. The van der Waals surface area contributed by atoms with Crippen LogP contribution in [0.15, 0.2) is 23.7 Å². The average molecular weight is 280 g/mol. The summed E-state index contributed by atoms with van der Waals surface area (Å²) in [5.74, 6) is -0.798. The van der Waals surface area contributed by atoms with Crippen LogP contribution in [0.3, 0.4) is 0 Å². The summed E-state index contributed by atoms with van der Waals surface area (Å²) in [6, 6.07) is 0. The normalized spacial score (nSPS) is 10.8. The molecule has 0 fully saturated rings. The number of aryl methyl sites for hydroxylation is 3. The van der Waals surface area contributed by atoms with Gasteiger partial charge in [-0.3, -0.25) is 9.48 Å². The van der Waals surface area contributed by atoms with Gasteiger partial charge in [-0.25, -0.2) is 4.98 Å². The first-order valence-electron chi connectivity index (χ1n) is 5.90. The van der Waals surface area contributed by atoms with Crippen LogP contribution < -0.4 is 0 Å². The van der Waals surface area contributed by atoms with E-state index < -0.39 is 5.97 Å². The molecule has 0 saturated heterocycles. The molecule has 2 rings (SSSR count). The molecule has 0 aliphatic carbocycles. The Kier molecular flexibility index (Phi) is 4.26. The van der Waals surface area contributed by atoms with Crippen LogP contribution in [0.1, 0.15) is 11.3 Å². The summed E-state index contributed by atoms with van der Waals surface area (Å²) in [6.45, 7) is 2.75. The van der Waals surface area contributed by atoms with Gasteiger partial charge in [0.25, 0.3) is 0 Å². The van der Waals surface area contributed by atoms with Crippen LogP contribution in [-0.2, 0) is 24.8 Å². The molecule has 0 bridgehead atoms. The molecule has 0 saturated carbocycles. The van der Waals surface area contributed by atoms with E-state index in [9.17, 15) is 4.79 Å². The summed E-state index contributed by atoms with van der Waals surface area (Å²) in [7, 11) is 1.89. The van der Waals surface area contributed by atoms with Crippen molar-refractivity contribution in [3.63, 3.8) is 0 Å². The Labute approximate surface area is 115 Å². The van der Waals surface area contributed by atoms with Crippen molar-refractivity contribution in [3.8, 4) is 0 Å². The van der Waals surface area contributed by atoms with Crippen LogP contribution in [0, 0.1) is 6.92 Å². The Bertz CT molecular complexity index is 576. The molecule has 2 aromatic heterocycles. The van der Waals surface area contributed by atoms with Crippen molar-refractivity contribution < 1.29 is 9.90 Å². The van der Waals surface area contributed by atoms with E-state index in [4.69, 9.17) is 5.11 Å². The molecule has 2 heterocycles. The molecule has 0 radical (unpaired) electrons. The maximum absolute atomic E-state index is 10.6. The van der Waals surface area contributed by atoms with Crippen molar-refractivity contribution in [2.75, 3.05) is 5.75 Å². The minimum absolute atomic E-state index is 0.0311.